The van der Waals surface area contributed by atoms with Gasteiger partial charge in [-0.3, -0.25) is 9.38 Å². The molecular formula is C10H13BrN4. The molecule has 0 aliphatic rings. The van der Waals surface area contributed by atoms with Gasteiger partial charge in [-0.05, 0) is 41.7 Å². The Labute approximate surface area is 96.7 Å². The van der Waals surface area contributed by atoms with Crippen LogP contribution < -0.4 is 5.73 Å². The maximum Gasteiger partial charge on any atom is 0.159 e. The second-order valence-corrected chi connectivity index (χ2v) is 4.21. The SMILES string of the molecule is NCCCCc1nccn2c(Br)cnc12. The molecule has 4 nitrogen and oxygen atoms in total. The number of aryl methyl sites for hydroxylation is 1. The fourth-order valence-electron chi connectivity index (χ4n) is 1.56. The molecular weight excluding hydrogens is 256 g/mol. The molecule has 2 rings (SSSR count). The van der Waals surface area contributed by atoms with Crippen LogP contribution in [-0.2, 0) is 6.42 Å². The van der Waals surface area contributed by atoms with Crippen molar-refractivity contribution in [1.82, 2.24) is 14.4 Å². The summed E-state index contributed by atoms with van der Waals surface area (Å²) in [7, 11) is 0. The van der Waals surface area contributed by atoms with E-state index in [9.17, 15) is 0 Å². The molecule has 0 bridgehead atoms. The zero-order chi connectivity index (χ0) is 10.7. The van der Waals surface area contributed by atoms with Crippen molar-refractivity contribution in [3.05, 3.63) is 28.9 Å². The van der Waals surface area contributed by atoms with E-state index in [0.717, 1.165) is 41.8 Å². The van der Waals surface area contributed by atoms with E-state index in [4.69, 9.17) is 5.73 Å². The molecule has 0 unspecified atom stereocenters. The van der Waals surface area contributed by atoms with Gasteiger partial charge in [0.1, 0.15) is 4.60 Å². The molecule has 5 heteroatoms. The normalized spacial score (nSPS) is 11.1. The largest absolute Gasteiger partial charge is 0.330 e. The van der Waals surface area contributed by atoms with Crippen LogP contribution >= 0.6 is 15.9 Å². The van der Waals surface area contributed by atoms with Crippen LogP contribution in [0.4, 0.5) is 0 Å². The second kappa shape index (κ2) is 4.72. The summed E-state index contributed by atoms with van der Waals surface area (Å²) in [5.41, 5.74) is 7.43. The van der Waals surface area contributed by atoms with Crippen LogP contribution in [-0.4, -0.2) is 20.9 Å². The molecule has 15 heavy (non-hydrogen) atoms. The fourth-order valence-corrected chi connectivity index (χ4v) is 1.94. The van der Waals surface area contributed by atoms with E-state index in [-0.39, 0.29) is 0 Å². The van der Waals surface area contributed by atoms with Crippen molar-refractivity contribution in [2.75, 3.05) is 6.54 Å². The molecule has 0 radical (unpaired) electrons. The van der Waals surface area contributed by atoms with E-state index < -0.39 is 0 Å². The summed E-state index contributed by atoms with van der Waals surface area (Å²) in [5.74, 6) is 0. The predicted octanol–water partition coefficient (Wildman–Crippen LogP) is 1.77. The second-order valence-electron chi connectivity index (χ2n) is 3.39. The minimum absolute atomic E-state index is 0.737. The van der Waals surface area contributed by atoms with E-state index >= 15 is 0 Å². The molecule has 0 saturated heterocycles. The third kappa shape index (κ3) is 2.18. The van der Waals surface area contributed by atoms with Crippen molar-refractivity contribution in [2.24, 2.45) is 5.73 Å². The molecule has 0 aliphatic heterocycles. The van der Waals surface area contributed by atoms with Crippen molar-refractivity contribution in [3.63, 3.8) is 0 Å². The molecule has 2 aromatic rings. The van der Waals surface area contributed by atoms with E-state index in [0.29, 0.717) is 0 Å². The number of halogens is 1. The van der Waals surface area contributed by atoms with Crippen LogP contribution in [0.25, 0.3) is 5.65 Å². The van der Waals surface area contributed by atoms with E-state index in [2.05, 4.69) is 25.9 Å². The first-order valence-electron chi connectivity index (χ1n) is 4.99. The van der Waals surface area contributed by atoms with Gasteiger partial charge in [-0.1, -0.05) is 0 Å². The van der Waals surface area contributed by atoms with E-state index in [1.54, 1.807) is 12.4 Å². The first-order chi connectivity index (χ1) is 7.33. The number of unbranched alkanes of at least 4 members (excludes halogenated alkanes) is 1. The number of fused-ring (bicyclic) bond motifs is 1. The first kappa shape index (κ1) is 10.6. The summed E-state index contributed by atoms with van der Waals surface area (Å²) < 4.78 is 2.95. The Morgan fingerprint density at radius 2 is 2.20 bits per heavy atom. The Morgan fingerprint density at radius 3 is 3.00 bits per heavy atom. The van der Waals surface area contributed by atoms with Crippen molar-refractivity contribution in [3.8, 4) is 0 Å². The number of aromatic nitrogens is 3. The number of nitrogens with two attached hydrogens (primary N) is 1. The number of hydrogen-bond donors (Lipinski definition) is 1. The summed E-state index contributed by atoms with van der Waals surface area (Å²) in [6, 6.07) is 0. The Bertz CT molecular complexity index is 452. The lowest BCUT2D eigenvalue weighted by atomic mass is 10.2. The zero-order valence-corrected chi connectivity index (χ0v) is 9.94. The van der Waals surface area contributed by atoms with Gasteiger partial charge >= 0.3 is 0 Å². The molecule has 0 spiro atoms. The Balaban J connectivity index is 2.26. The van der Waals surface area contributed by atoms with Gasteiger partial charge in [0.05, 0.1) is 11.9 Å². The lowest BCUT2D eigenvalue weighted by Gasteiger charge is -2.02. The number of hydrogen-bond acceptors (Lipinski definition) is 3. The van der Waals surface area contributed by atoms with Gasteiger partial charge in [-0.2, -0.15) is 0 Å². The zero-order valence-electron chi connectivity index (χ0n) is 8.36. The monoisotopic (exact) mass is 268 g/mol. The van der Waals surface area contributed by atoms with Crippen LogP contribution in [0, 0.1) is 0 Å². The predicted molar refractivity (Wildman–Crippen MR) is 62.7 cm³/mol. The Kier molecular flexibility index (Phi) is 3.33. The third-order valence-corrected chi connectivity index (χ3v) is 2.91. The average molecular weight is 269 g/mol. The lowest BCUT2D eigenvalue weighted by molar-refractivity contribution is 0.732. The Morgan fingerprint density at radius 1 is 1.33 bits per heavy atom. The van der Waals surface area contributed by atoms with Crippen molar-refractivity contribution >= 4 is 21.6 Å². The first-order valence-corrected chi connectivity index (χ1v) is 5.78. The van der Waals surface area contributed by atoms with E-state index in [1.165, 1.54) is 0 Å². The lowest BCUT2D eigenvalue weighted by Crippen LogP contribution is -2.01. The van der Waals surface area contributed by atoms with Gasteiger partial charge in [0, 0.05) is 12.4 Å². The average Bonchev–Trinajstić information content (AvgIpc) is 2.62. The van der Waals surface area contributed by atoms with Gasteiger partial charge in [-0.25, -0.2) is 4.98 Å². The van der Waals surface area contributed by atoms with Gasteiger partial charge in [-0.15, -0.1) is 0 Å². The third-order valence-electron chi connectivity index (χ3n) is 2.32. The van der Waals surface area contributed by atoms with Gasteiger partial charge in [0.25, 0.3) is 0 Å². The highest BCUT2D eigenvalue weighted by Crippen LogP contribution is 2.15. The molecule has 0 fully saturated rings. The summed E-state index contributed by atoms with van der Waals surface area (Å²) in [6.45, 7) is 0.737. The van der Waals surface area contributed by atoms with Crippen LogP contribution in [0.15, 0.2) is 23.2 Å². The number of nitrogens with zero attached hydrogens (tertiary/aromatic N) is 3. The number of imidazole rings is 1. The molecule has 0 aliphatic carbocycles. The summed E-state index contributed by atoms with van der Waals surface area (Å²) >= 11 is 3.44. The maximum absolute atomic E-state index is 5.46. The Hall–Kier alpha value is -0.940. The molecule has 2 N–H and O–H groups in total. The van der Waals surface area contributed by atoms with Gasteiger partial charge < -0.3 is 5.73 Å². The maximum atomic E-state index is 5.46. The highest BCUT2D eigenvalue weighted by Gasteiger charge is 2.06. The van der Waals surface area contributed by atoms with Crippen LogP contribution in [0.5, 0.6) is 0 Å². The van der Waals surface area contributed by atoms with Crippen LogP contribution in [0.3, 0.4) is 0 Å². The molecule has 0 saturated carbocycles. The molecule has 0 aromatic carbocycles. The minimum Gasteiger partial charge on any atom is -0.330 e. The van der Waals surface area contributed by atoms with E-state index in [1.807, 2.05) is 10.6 Å². The fraction of sp³-hybridized carbons (Fsp3) is 0.400. The topological polar surface area (TPSA) is 56.2 Å². The van der Waals surface area contributed by atoms with Crippen molar-refractivity contribution < 1.29 is 0 Å². The summed E-state index contributed by atoms with van der Waals surface area (Å²) in [6.07, 6.45) is 8.53. The molecule has 80 valence electrons. The summed E-state index contributed by atoms with van der Waals surface area (Å²) in [4.78, 5) is 8.67. The highest BCUT2D eigenvalue weighted by atomic mass is 79.9. The van der Waals surface area contributed by atoms with Crippen molar-refractivity contribution in [2.45, 2.75) is 19.3 Å². The van der Waals surface area contributed by atoms with Crippen LogP contribution in [0.1, 0.15) is 18.5 Å². The molecule has 0 atom stereocenters. The van der Waals surface area contributed by atoms with Gasteiger partial charge in [0.2, 0.25) is 0 Å². The van der Waals surface area contributed by atoms with Crippen molar-refractivity contribution in [1.29, 1.82) is 0 Å². The summed E-state index contributed by atoms with van der Waals surface area (Å²) in [5, 5.41) is 0. The quantitative estimate of drug-likeness (QED) is 0.861. The minimum atomic E-state index is 0.737. The standard InChI is InChI=1S/C10H13BrN4/c11-9-7-14-10-8(3-1-2-4-12)13-5-6-15(9)10/h5-7H,1-4,12H2. The van der Waals surface area contributed by atoms with Crippen LogP contribution in [0.2, 0.25) is 0 Å². The van der Waals surface area contributed by atoms with Gasteiger partial charge in [0.15, 0.2) is 5.65 Å². The molecule has 2 heterocycles. The smallest absolute Gasteiger partial charge is 0.159 e. The number of rotatable bonds is 4. The molecule has 0 amide bonds. The highest BCUT2D eigenvalue weighted by molar-refractivity contribution is 9.10. The molecule has 2 aromatic heterocycles.